The molecule has 23 heavy (non-hydrogen) atoms. The summed E-state index contributed by atoms with van der Waals surface area (Å²) in [6, 6.07) is 7.81. The Hall–Kier alpha value is -2.37. The van der Waals surface area contributed by atoms with Crippen LogP contribution in [-0.4, -0.2) is 41.4 Å². The molecule has 1 saturated carbocycles. The monoisotopic (exact) mass is 313 g/mol. The highest BCUT2D eigenvalue weighted by Crippen LogP contribution is 2.49. The van der Waals surface area contributed by atoms with Crippen LogP contribution in [0, 0.1) is 12.8 Å². The molecule has 1 aromatic rings. The normalized spacial score (nSPS) is 32.1. The van der Waals surface area contributed by atoms with E-state index in [1.165, 1.54) is 11.1 Å². The molecule has 6 heteroatoms. The van der Waals surface area contributed by atoms with E-state index < -0.39 is 11.6 Å². The molecule has 120 valence electrons. The van der Waals surface area contributed by atoms with Gasteiger partial charge in [-0.25, -0.2) is 4.79 Å². The van der Waals surface area contributed by atoms with Crippen LogP contribution >= 0.6 is 0 Å². The van der Waals surface area contributed by atoms with Crippen LogP contribution in [0.3, 0.4) is 0 Å². The Balaban J connectivity index is 1.44. The lowest BCUT2D eigenvalue weighted by molar-refractivity contribution is -0.132. The lowest BCUT2D eigenvalue weighted by Crippen LogP contribution is -2.49. The molecular weight excluding hydrogens is 294 g/mol. The van der Waals surface area contributed by atoms with Crippen LogP contribution in [0.4, 0.5) is 4.79 Å². The Morgan fingerprint density at radius 3 is 2.87 bits per heavy atom. The first-order valence-corrected chi connectivity index (χ1v) is 7.97. The Kier molecular flexibility index (Phi) is 2.98. The molecule has 2 saturated heterocycles. The number of imide groups is 1. The van der Waals surface area contributed by atoms with Gasteiger partial charge in [0.2, 0.25) is 5.91 Å². The number of amides is 4. The molecule has 0 radical (unpaired) electrons. The molecule has 1 spiro atoms. The fourth-order valence-corrected chi connectivity index (χ4v) is 3.78. The number of carbonyl (C=O) groups excluding carboxylic acids is 3. The highest BCUT2D eigenvalue weighted by Gasteiger charge is 2.54. The van der Waals surface area contributed by atoms with Crippen molar-refractivity contribution in [3.63, 3.8) is 0 Å². The first-order valence-electron chi connectivity index (χ1n) is 7.97. The number of urea groups is 1. The molecule has 0 bridgehead atoms. The standard InChI is InChI=1S/C17H19N3O3/c1-10-3-2-4-11(7-10)12-8-13(12)14(21)20-6-5-17(9-20)15(22)18-16(23)19-17/h2-4,7,12-13H,5-6,8-9H2,1H3,(H2,18,19,22,23). The van der Waals surface area contributed by atoms with Gasteiger partial charge in [-0.05, 0) is 31.2 Å². The van der Waals surface area contributed by atoms with E-state index in [1.807, 2.05) is 19.1 Å². The molecule has 3 fully saturated rings. The van der Waals surface area contributed by atoms with Gasteiger partial charge in [0, 0.05) is 12.5 Å². The van der Waals surface area contributed by atoms with Crippen molar-refractivity contribution in [2.45, 2.75) is 31.2 Å². The van der Waals surface area contributed by atoms with Crippen molar-refractivity contribution in [1.29, 1.82) is 0 Å². The summed E-state index contributed by atoms with van der Waals surface area (Å²) in [5, 5.41) is 4.95. The maximum absolute atomic E-state index is 12.7. The number of rotatable bonds is 2. The molecule has 2 heterocycles. The summed E-state index contributed by atoms with van der Waals surface area (Å²) in [7, 11) is 0. The van der Waals surface area contributed by atoms with Crippen LogP contribution in [0.25, 0.3) is 0 Å². The van der Waals surface area contributed by atoms with Gasteiger partial charge >= 0.3 is 6.03 Å². The van der Waals surface area contributed by atoms with E-state index in [0.717, 1.165) is 6.42 Å². The lowest BCUT2D eigenvalue weighted by atomic mass is 9.99. The van der Waals surface area contributed by atoms with Crippen LogP contribution in [-0.2, 0) is 9.59 Å². The number of hydrogen-bond donors (Lipinski definition) is 2. The van der Waals surface area contributed by atoms with Crippen molar-refractivity contribution in [3.05, 3.63) is 35.4 Å². The molecule has 2 aliphatic heterocycles. The third kappa shape index (κ3) is 2.29. The van der Waals surface area contributed by atoms with Crippen LogP contribution in [0.1, 0.15) is 29.9 Å². The average molecular weight is 313 g/mol. The molecule has 1 aromatic carbocycles. The van der Waals surface area contributed by atoms with E-state index in [1.54, 1.807) is 4.90 Å². The number of aryl methyl sites for hydroxylation is 1. The first kappa shape index (κ1) is 14.2. The second kappa shape index (κ2) is 4.81. The fraction of sp³-hybridized carbons (Fsp3) is 0.471. The predicted octanol–water partition coefficient (Wildman–Crippen LogP) is 0.909. The van der Waals surface area contributed by atoms with Crippen molar-refractivity contribution in [2.75, 3.05) is 13.1 Å². The van der Waals surface area contributed by atoms with Crippen molar-refractivity contribution < 1.29 is 14.4 Å². The van der Waals surface area contributed by atoms with E-state index in [2.05, 4.69) is 22.8 Å². The van der Waals surface area contributed by atoms with Gasteiger partial charge in [-0.2, -0.15) is 0 Å². The second-order valence-electron chi connectivity index (χ2n) is 6.86. The lowest BCUT2D eigenvalue weighted by Gasteiger charge is -2.21. The smallest absolute Gasteiger partial charge is 0.322 e. The number of benzene rings is 1. The number of nitrogens with zero attached hydrogens (tertiary/aromatic N) is 1. The Morgan fingerprint density at radius 2 is 2.17 bits per heavy atom. The van der Waals surface area contributed by atoms with E-state index >= 15 is 0 Å². The minimum Gasteiger partial charge on any atom is -0.339 e. The maximum atomic E-state index is 12.7. The molecule has 1 aliphatic carbocycles. The Bertz CT molecular complexity index is 717. The summed E-state index contributed by atoms with van der Waals surface area (Å²) in [4.78, 5) is 37.7. The van der Waals surface area contributed by atoms with Gasteiger partial charge < -0.3 is 10.2 Å². The summed E-state index contributed by atoms with van der Waals surface area (Å²) in [5.41, 5.74) is 1.50. The molecular formula is C17H19N3O3. The topological polar surface area (TPSA) is 78.5 Å². The average Bonchev–Trinajstić information content (AvgIpc) is 3.12. The minimum absolute atomic E-state index is 0.00659. The van der Waals surface area contributed by atoms with Gasteiger partial charge in [-0.15, -0.1) is 0 Å². The van der Waals surface area contributed by atoms with E-state index in [4.69, 9.17) is 0 Å². The van der Waals surface area contributed by atoms with E-state index in [9.17, 15) is 14.4 Å². The Labute approximate surface area is 134 Å². The summed E-state index contributed by atoms with van der Waals surface area (Å²) in [5.74, 6) is 0.0734. The number of nitrogens with one attached hydrogen (secondary N) is 2. The largest absolute Gasteiger partial charge is 0.339 e. The first-order chi connectivity index (χ1) is 11.0. The highest BCUT2D eigenvalue weighted by molar-refractivity contribution is 6.07. The Morgan fingerprint density at radius 1 is 1.35 bits per heavy atom. The third-order valence-corrected chi connectivity index (χ3v) is 5.17. The molecule has 3 unspecified atom stereocenters. The maximum Gasteiger partial charge on any atom is 0.322 e. The van der Waals surface area contributed by atoms with Gasteiger partial charge in [0.25, 0.3) is 5.91 Å². The van der Waals surface area contributed by atoms with Gasteiger partial charge in [-0.3, -0.25) is 14.9 Å². The summed E-state index contributed by atoms with van der Waals surface area (Å²) in [6.07, 6.45) is 1.35. The number of likely N-dealkylation sites (tertiary alicyclic amines) is 1. The predicted molar refractivity (Wildman–Crippen MR) is 82.6 cm³/mol. The quantitative estimate of drug-likeness (QED) is 0.797. The zero-order valence-corrected chi connectivity index (χ0v) is 13.0. The highest BCUT2D eigenvalue weighted by atomic mass is 16.2. The van der Waals surface area contributed by atoms with Gasteiger partial charge in [0.1, 0.15) is 5.54 Å². The summed E-state index contributed by atoms with van der Waals surface area (Å²) < 4.78 is 0. The molecule has 3 aliphatic rings. The zero-order chi connectivity index (χ0) is 16.2. The molecule has 3 atom stereocenters. The van der Waals surface area contributed by atoms with Crippen molar-refractivity contribution >= 4 is 17.8 Å². The number of hydrogen-bond acceptors (Lipinski definition) is 3. The third-order valence-electron chi connectivity index (χ3n) is 5.17. The van der Waals surface area contributed by atoms with Crippen molar-refractivity contribution in [3.8, 4) is 0 Å². The molecule has 2 N–H and O–H groups in total. The van der Waals surface area contributed by atoms with Crippen LogP contribution < -0.4 is 10.6 Å². The van der Waals surface area contributed by atoms with Gasteiger partial charge in [-0.1, -0.05) is 29.8 Å². The van der Waals surface area contributed by atoms with E-state index in [-0.39, 0.29) is 30.2 Å². The minimum atomic E-state index is -0.916. The van der Waals surface area contributed by atoms with Gasteiger partial charge in [0.05, 0.1) is 6.54 Å². The fourth-order valence-electron chi connectivity index (χ4n) is 3.78. The van der Waals surface area contributed by atoms with Crippen molar-refractivity contribution in [1.82, 2.24) is 15.5 Å². The summed E-state index contributed by atoms with van der Waals surface area (Å²) in [6.45, 7) is 2.85. The molecule has 0 aromatic heterocycles. The van der Waals surface area contributed by atoms with Crippen LogP contribution in [0.5, 0.6) is 0 Å². The van der Waals surface area contributed by atoms with Crippen LogP contribution in [0.15, 0.2) is 24.3 Å². The van der Waals surface area contributed by atoms with E-state index in [0.29, 0.717) is 13.0 Å². The SMILES string of the molecule is Cc1cccc(C2CC2C(=O)N2CCC3(C2)NC(=O)NC3=O)c1. The van der Waals surface area contributed by atoms with Crippen LogP contribution in [0.2, 0.25) is 0 Å². The molecule has 6 nitrogen and oxygen atoms in total. The number of carbonyl (C=O) groups is 3. The zero-order valence-electron chi connectivity index (χ0n) is 13.0. The molecule has 4 rings (SSSR count). The van der Waals surface area contributed by atoms with Crippen molar-refractivity contribution in [2.24, 2.45) is 5.92 Å². The van der Waals surface area contributed by atoms with Gasteiger partial charge in [0.15, 0.2) is 0 Å². The second-order valence-corrected chi connectivity index (χ2v) is 6.86. The summed E-state index contributed by atoms with van der Waals surface area (Å²) >= 11 is 0. The molecule has 4 amide bonds.